The van der Waals surface area contributed by atoms with Gasteiger partial charge in [0.05, 0.1) is 29.6 Å². The van der Waals surface area contributed by atoms with Crippen LogP contribution in [0.4, 0.5) is 0 Å². The second-order valence-corrected chi connectivity index (χ2v) is 3.67. The lowest BCUT2D eigenvalue weighted by Gasteiger charge is -1.80. The highest BCUT2D eigenvalue weighted by Crippen LogP contribution is 2.05. The first-order chi connectivity index (χ1) is 8.93. The number of hydrogen-bond acceptors (Lipinski definition) is 4. The van der Waals surface area contributed by atoms with Crippen molar-refractivity contribution in [2.45, 2.75) is 0 Å². The van der Waals surface area contributed by atoms with E-state index in [0.29, 0.717) is 0 Å². The van der Waals surface area contributed by atoms with Crippen molar-refractivity contribution in [3.63, 3.8) is 0 Å². The average molecular weight is 238 g/mol. The molecule has 2 N–H and O–H groups in total. The Hall–Kier alpha value is -2.76. The van der Waals surface area contributed by atoms with Crippen LogP contribution in [0.25, 0.3) is 21.8 Å². The van der Waals surface area contributed by atoms with Crippen LogP contribution in [0.5, 0.6) is 0 Å². The smallest absolute Gasteiger partial charge is 0.0833 e. The fourth-order valence-electron chi connectivity index (χ4n) is 1.57. The molecule has 0 saturated heterocycles. The minimum absolute atomic E-state index is 0.984. The van der Waals surface area contributed by atoms with E-state index in [0.717, 1.165) is 21.8 Å². The molecule has 0 bridgehead atoms. The van der Waals surface area contributed by atoms with E-state index in [2.05, 4.69) is 30.4 Å². The summed E-state index contributed by atoms with van der Waals surface area (Å²) in [6.07, 6.45) is 10.5. The van der Waals surface area contributed by atoms with Crippen molar-refractivity contribution >= 4 is 21.8 Å². The molecule has 0 saturated carbocycles. The normalized spacial score (nSPS) is 10.2. The third-order valence-corrected chi connectivity index (χ3v) is 2.48. The lowest BCUT2D eigenvalue weighted by Crippen LogP contribution is -1.69. The quantitative estimate of drug-likeness (QED) is 0.490. The summed E-state index contributed by atoms with van der Waals surface area (Å²) >= 11 is 0. The molecular formula is C12H10N6. The fourth-order valence-corrected chi connectivity index (χ4v) is 1.57. The second-order valence-electron chi connectivity index (χ2n) is 3.67. The third-order valence-electron chi connectivity index (χ3n) is 2.48. The molecule has 18 heavy (non-hydrogen) atoms. The average Bonchev–Trinajstić information content (AvgIpc) is 3.08. The molecule has 6 heteroatoms. The predicted molar refractivity (Wildman–Crippen MR) is 67.8 cm³/mol. The van der Waals surface area contributed by atoms with Crippen molar-refractivity contribution in [1.29, 1.82) is 0 Å². The first-order valence-corrected chi connectivity index (χ1v) is 5.40. The summed E-state index contributed by atoms with van der Waals surface area (Å²) in [7, 11) is 0. The van der Waals surface area contributed by atoms with E-state index in [-0.39, 0.29) is 0 Å². The third kappa shape index (κ3) is 2.03. The maximum absolute atomic E-state index is 3.93. The molecule has 6 nitrogen and oxygen atoms in total. The second kappa shape index (κ2) is 4.62. The first kappa shape index (κ1) is 10.4. The van der Waals surface area contributed by atoms with Crippen LogP contribution in [0.2, 0.25) is 0 Å². The molecule has 0 aliphatic heterocycles. The standard InChI is InChI=1S/2C6H5N3/c1-2-7-3-5-4-8-9-6(1)5;1-2-7-4-6-5(1)3-8-9-6/h2*1-4H,(H,8,9). The lowest BCUT2D eigenvalue weighted by atomic mass is 10.3. The highest BCUT2D eigenvalue weighted by Gasteiger charge is 1.89. The molecule has 0 unspecified atom stereocenters. The van der Waals surface area contributed by atoms with Gasteiger partial charge in [-0.2, -0.15) is 10.2 Å². The molecule has 0 amide bonds. The number of aromatic nitrogens is 6. The van der Waals surface area contributed by atoms with Crippen LogP contribution in [0.3, 0.4) is 0 Å². The molecule has 0 fully saturated rings. The summed E-state index contributed by atoms with van der Waals surface area (Å²) < 4.78 is 0. The molecule has 0 spiro atoms. The molecule has 4 aromatic heterocycles. The largest absolute Gasteiger partial charge is 0.278 e. The van der Waals surface area contributed by atoms with Crippen molar-refractivity contribution in [2.75, 3.05) is 0 Å². The maximum Gasteiger partial charge on any atom is 0.0833 e. The van der Waals surface area contributed by atoms with Crippen molar-refractivity contribution in [3.05, 3.63) is 49.3 Å². The predicted octanol–water partition coefficient (Wildman–Crippen LogP) is 1.92. The monoisotopic (exact) mass is 238 g/mol. The van der Waals surface area contributed by atoms with Gasteiger partial charge in [-0.05, 0) is 12.1 Å². The molecule has 4 heterocycles. The van der Waals surface area contributed by atoms with Gasteiger partial charge in [0.1, 0.15) is 0 Å². The number of H-pyrrole nitrogens is 2. The molecule has 4 rings (SSSR count). The van der Waals surface area contributed by atoms with E-state index < -0.39 is 0 Å². The van der Waals surface area contributed by atoms with Gasteiger partial charge in [0.25, 0.3) is 0 Å². The van der Waals surface area contributed by atoms with Gasteiger partial charge in [0.2, 0.25) is 0 Å². The molecule has 0 radical (unpaired) electrons. The SMILES string of the molecule is c1cc2[nH]ncc2cn1.c1cc2cn[nH]c2cn1. The number of aromatic amines is 2. The number of nitrogens with zero attached hydrogens (tertiary/aromatic N) is 4. The van der Waals surface area contributed by atoms with E-state index in [1.165, 1.54) is 0 Å². The molecule has 0 aromatic carbocycles. The Morgan fingerprint density at radius 1 is 0.667 bits per heavy atom. The van der Waals surface area contributed by atoms with Gasteiger partial charge in [-0.25, -0.2) is 0 Å². The summed E-state index contributed by atoms with van der Waals surface area (Å²) in [4.78, 5) is 7.84. The van der Waals surface area contributed by atoms with Crippen LogP contribution in [0.1, 0.15) is 0 Å². The Kier molecular flexibility index (Phi) is 2.67. The van der Waals surface area contributed by atoms with Gasteiger partial charge in [0.15, 0.2) is 0 Å². The summed E-state index contributed by atoms with van der Waals surface area (Å²) in [5.74, 6) is 0. The van der Waals surface area contributed by atoms with E-state index in [1.807, 2.05) is 12.1 Å². The zero-order valence-corrected chi connectivity index (χ0v) is 9.41. The topological polar surface area (TPSA) is 83.1 Å². The van der Waals surface area contributed by atoms with E-state index in [1.54, 1.807) is 37.2 Å². The van der Waals surface area contributed by atoms with Crippen LogP contribution in [0.15, 0.2) is 49.3 Å². The van der Waals surface area contributed by atoms with Gasteiger partial charge < -0.3 is 0 Å². The Balaban J connectivity index is 0.000000111. The van der Waals surface area contributed by atoms with Crippen LogP contribution in [-0.4, -0.2) is 30.4 Å². The number of rotatable bonds is 0. The van der Waals surface area contributed by atoms with Crippen LogP contribution in [-0.2, 0) is 0 Å². The van der Waals surface area contributed by atoms with Crippen molar-refractivity contribution in [2.24, 2.45) is 0 Å². The summed E-state index contributed by atoms with van der Waals surface area (Å²) in [6, 6.07) is 3.81. The Morgan fingerprint density at radius 3 is 2.22 bits per heavy atom. The van der Waals surface area contributed by atoms with Crippen molar-refractivity contribution in [1.82, 2.24) is 30.4 Å². The van der Waals surface area contributed by atoms with E-state index in [4.69, 9.17) is 0 Å². The lowest BCUT2D eigenvalue weighted by molar-refractivity contribution is 1.11. The van der Waals surface area contributed by atoms with Gasteiger partial charge in [-0.3, -0.25) is 20.2 Å². The number of fused-ring (bicyclic) bond motifs is 2. The molecule has 4 aromatic rings. The van der Waals surface area contributed by atoms with Crippen molar-refractivity contribution < 1.29 is 0 Å². The van der Waals surface area contributed by atoms with Gasteiger partial charge in [0, 0.05) is 29.4 Å². The van der Waals surface area contributed by atoms with Crippen LogP contribution in [0, 0.1) is 0 Å². The molecule has 88 valence electrons. The molecule has 0 aliphatic rings. The first-order valence-electron chi connectivity index (χ1n) is 5.40. The zero-order chi connectivity index (χ0) is 12.2. The minimum atomic E-state index is 0.984. The Labute approximate surface area is 102 Å². The van der Waals surface area contributed by atoms with Crippen LogP contribution >= 0.6 is 0 Å². The fraction of sp³-hybridized carbons (Fsp3) is 0. The van der Waals surface area contributed by atoms with Gasteiger partial charge >= 0.3 is 0 Å². The van der Waals surface area contributed by atoms with Gasteiger partial charge in [-0.15, -0.1) is 0 Å². The van der Waals surface area contributed by atoms with Gasteiger partial charge in [-0.1, -0.05) is 0 Å². The minimum Gasteiger partial charge on any atom is -0.278 e. The summed E-state index contributed by atoms with van der Waals surface area (Å²) in [6.45, 7) is 0. The van der Waals surface area contributed by atoms with Crippen LogP contribution < -0.4 is 0 Å². The van der Waals surface area contributed by atoms with E-state index in [9.17, 15) is 0 Å². The number of nitrogens with one attached hydrogen (secondary N) is 2. The van der Waals surface area contributed by atoms with E-state index >= 15 is 0 Å². The number of hydrogen-bond donors (Lipinski definition) is 2. The summed E-state index contributed by atoms with van der Waals surface area (Å²) in [5.41, 5.74) is 2.02. The number of pyridine rings is 2. The molecule has 0 atom stereocenters. The summed E-state index contributed by atoms with van der Waals surface area (Å²) in [5, 5.41) is 15.5. The zero-order valence-electron chi connectivity index (χ0n) is 9.41. The molecule has 0 aliphatic carbocycles. The maximum atomic E-state index is 3.93. The highest BCUT2D eigenvalue weighted by molar-refractivity contribution is 5.76. The Bertz CT molecular complexity index is 631. The molecular weight excluding hydrogens is 228 g/mol. The highest BCUT2D eigenvalue weighted by atomic mass is 15.1. The van der Waals surface area contributed by atoms with Crippen molar-refractivity contribution in [3.8, 4) is 0 Å². The Morgan fingerprint density at radius 2 is 1.39 bits per heavy atom.